The standard InChI is InChI=1S/C16H26FNO/c1-4-7-13(3)12-19-16-14(11-18-10-5-2)8-6-9-15(16)17/h6,8-9,13,18H,4-5,7,10-12H2,1-3H3. The van der Waals surface area contributed by atoms with Gasteiger partial charge in [0.2, 0.25) is 0 Å². The highest BCUT2D eigenvalue weighted by molar-refractivity contribution is 5.34. The van der Waals surface area contributed by atoms with Gasteiger partial charge in [-0.25, -0.2) is 4.39 Å². The first-order valence-electron chi connectivity index (χ1n) is 7.29. The van der Waals surface area contributed by atoms with Crippen LogP contribution in [0.3, 0.4) is 0 Å². The second-order valence-corrected chi connectivity index (χ2v) is 5.11. The Morgan fingerprint density at radius 3 is 2.74 bits per heavy atom. The Morgan fingerprint density at radius 2 is 2.05 bits per heavy atom. The van der Waals surface area contributed by atoms with Gasteiger partial charge in [-0.05, 0) is 31.4 Å². The highest BCUT2D eigenvalue weighted by Gasteiger charge is 2.11. The molecule has 1 rings (SSSR count). The Morgan fingerprint density at radius 1 is 1.26 bits per heavy atom. The van der Waals surface area contributed by atoms with E-state index in [0.29, 0.717) is 24.8 Å². The largest absolute Gasteiger partial charge is 0.490 e. The Balaban J connectivity index is 2.63. The van der Waals surface area contributed by atoms with Gasteiger partial charge in [-0.15, -0.1) is 0 Å². The van der Waals surface area contributed by atoms with E-state index in [-0.39, 0.29) is 5.82 Å². The second kappa shape index (κ2) is 8.92. The molecule has 108 valence electrons. The molecule has 0 spiro atoms. The number of nitrogens with one attached hydrogen (secondary N) is 1. The van der Waals surface area contributed by atoms with Crippen molar-refractivity contribution in [3.8, 4) is 5.75 Å². The Labute approximate surface area is 116 Å². The fourth-order valence-electron chi connectivity index (χ4n) is 2.06. The Kier molecular flexibility index (Phi) is 7.49. The number of halogens is 1. The van der Waals surface area contributed by atoms with Gasteiger partial charge in [0.05, 0.1) is 6.61 Å². The van der Waals surface area contributed by atoms with Crippen LogP contribution in [0.1, 0.15) is 45.6 Å². The highest BCUT2D eigenvalue weighted by Crippen LogP contribution is 2.23. The van der Waals surface area contributed by atoms with Crippen LogP contribution in [0.25, 0.3) is 0 Å². The summed E-state index contributed by atoms with van der Waals surface area (Å²) < 4.78 is 19.5. The highest BCUT2D eigenvalue weighted by atomic mass is 19.1. The van der Waals surface area contributed by atoms with Gasteiger partial charge >= 0.3 is 0 Å². The van der Waals surface area contributed by atoms with E-state index in [4.69, 9.17) is 4.74 Å². The maximum absolute atomic E-state index is 13.8. The molecule has 1 atom stereocenters. The molecule has 0 heterocycles. The third-order valence-electron chi connectivity index (χ3n) is 3.08. The molecule has 0 aromatic heterocycles. The lowest BCUT2D eigenvalue weighted by Crippen LogP contribution is -2.16. The van der Waals surface area contributed by atoms with Crippen LogP contribution in [0, 0.1) is 11.7 Å². The summed E-state index contributed by atoms with van der Waals surface area (Å²) in [7, 11) is 0. The van der Waals surface area contributed by atoms with Crippen molar-refractivity contribution < 1.29 is 9.13 Å². The van der Waals surface area contributed by atoms with Crippen molar-refractivity contribution in [3.63, 3.8) is 0 Å². The SMILES string of the molecule is CCCNCc1cccc(F)c1OCC(C)CCC. The lowest BCUT2D eigenvalue weighted by Gasteiger charge is -2.16. The molecule has 3 heteroatoms. The summed E-state index contributed by atoms with van der Waals surface area (Å²) in [5, 5.41) is 3.29. The molecule has 1 N–H and O–H groups in total. The molecule has 0 aliphatic heterocycles. The summed E-state index contributed by atoms with van der Waals surface area (Å²) in [6.45, 7) is 8.57. The summed E-state index contributed by atoms with van der Waals surface area (Å²) >= 11 is 0. The summed E-state index contributed by atoms with van der Waals surface area (Å²) in [6.07, 6.45) is 3.31. The van der Waals surface area contributed by atoms with Gasteiger partial charge in [-0.1, -0.05) is 39.3 Å². The molecule has 0 amide bonds. The Bertz CT molecular complexity index is 368. The third-order valence-corrected chi connectivity index (χ3v) is 3.08. The maximum Gasteiger partial charge on any atom is 0.165 e. The van der Waals surface area contributed by atoms with Gasteiger partial charge in [-0.3, -0.25) is 0 Å². The quantitative estimate of drug-likeness (QED) is 0.679. The lowest BCUT2D eigenvalue weighted by molar-refractivity contribution is 0.239. The first-order chi connectivity index (χ1) is 9.19. The van der Waals surface area contributed by atoms with Crippen molar-refractivity contribution in [2.45, 2.75) is 46.6 Å². The number of rotatable bonds is 9. The van der Waals surface area contributed by atoms with Gasteiger partial charge in [0, 0.05) is 12.1 Å². The van der Waals surface area contributed by atoms with Gasteiger partial charge < -0.3 is 10.1 Å². The normalized spacial score (nSPS) is 12.4. The van der Waals surface area contributed by atoms with Gasteiger partial charge in [0.1, 0.15) is 0 Å². The van der Waals surface area contributed by atoms with E-state index in [1.54, 1.807) is 6.07 Å². The average Bonchev–Trinajstić information content (AvgIpc) is 2.38. The molecule has 2 nitrogen and oxygen atoms in total. The molecule has 19 heavy (non-hydrogen) atoms. The van der Waals surface area contributed by atoms with Gasteiger partial charge in [-0.2, -0.15) is 0 Å². The van der Waals surface area contributed by atoms with Crippen LogP contribution in [0.5, 0.6) is 5.75 Å². The topological polar surface area (TPSA) is 21.3 Å². The van der Waals surface area contributed by atoms with Crippen LogP contribution in [-0.2, 0) is 6.54 Å². The van der Waals surface area contributed by atoms with E-state index < -0.39 is 0 Å². The second-order valence-electron chi connectivity index (χ2n) is 5.11. The van der Waals surface area contributed by atoms with E-state index in [1.807, 2.05) is 6.07 Å². The average molecular weight is 267 g/mol. The minimum absolute atomic E-state index is 0.264. The molecule has 1 aromatic carbocycles. The van der Waals surface area contributed by atoms with Crippen LogP contribution in [-0.4, -0.2) is 13.2 Å². The number of benzene rings is 1. The molecule has 1 aromatic rings. The fraction of sp³-hybridized carbons (Fsp3) is 0.625. The molecule has 0 fully saturated rings. The number of ether oxygens (including phenoxy) is 1. The van der Waals surface area contributed by atoms with E-state index in [9.17, 15) is 4.39 Å². The summed E-state index contributed by atoms with van der Waals surface area (Å²) in [5.74, 6) is 0.606. The van der Waals surface area contributed by atoms with Crippen molar-refractivity contribution in [3.05, 3.63) is 29.6 Å². The van der Waals surface area contributed by atoms with Crippen LogP contribution >= 0.6 is 0 Å². The Hall–Kier alpha value is -1.09. The van der Waals surface area contributed by atoms with Crippen LogP contribution < -0.4 is 10.1 Å². The van der Waals surface area contributed by atoms with Gasteiger partial charge in [0.25, 0.3) is 0 Å². The first-order valence-corrected chi connectivity index (χ1v) is 7.29. The molecule has 1 unspecified atom stereocenters. The lowest BCUT2D eigenvalue weighted by atomic mass is 10.1. The number of hydrogen-bond acceptors (Lipinski definition) is 2. The molecule has 0 bridgehead atoms. The van der Waals surface area contributed by atoms with Crippen LogP contribution in [0.15, 0.2) is 18.2 Å². The molecule has 0 saturated heterocycles. The van der Waals surface area contributed by atoms with Crippen LogP contribution in [0.4, 0.5) is 4.39 Å². The van der Waals surface area contributed by atoms with E-state index in [1.165, 1.54) is 6.07 Å². The smallest absolute Gasteiger partial charge is 0.165 e. The predicted molar refractivity (Wildman–Crippen MR) is 78.0 cm³/mol. The molecule has 0 saturated carbocycles. The summed E-state index contributed by atoms with van der Waals surface area (Å²) in [5.41, 5.74) is 0.900. The monoisotopic (exact) mass is 267 g/mol. The molecule has 0 aliphatic rings. The molecular formula is C16H26FNO. The molecule has 0 aliphatic carbocycles. The van der Waals surface area contributed by atoms with Gasteiger partial charge in [0.15, 0.2) is 11.6 Å². The summed E-state index contributed by atoms with van der Waals surface area (Å²) in [4.78, 5) is 0. The zero-order chi connectivity index (χ0) is 14.1. The zero-order valence-electron chi connectivity index (χ0n) is 12.3. The van der Waals surface area contributed by atoms with E-state index in [2.05, 4.69) is 26.1 Å². The van der Waals surface area contributed by atoms with E-state index in [0.717, 1.165) is 31.4 Å². The molecular weight excluding hydrogens is 241 g/mol. The van der Waals surface area contributed by atoms with Crippen molar-refractivity contribution in [2.24, 2.45) is 5.92 Å². The van der Waals surface area contributed by atoms with Crippen LogP contribution in [0.2, 0.25) is 0 Å². The van der Waals surface area contributed by atoms with Crippen molar-refractivity contribution >= 4 is 0 Å². The van der Waals surface area contributed by atoms with E-state index >= 15 is 0 Å². The summed E-state index contributed by atoms with van der Waals surface area (Å²) in [6, 6.07) is 5.12. The van der Waals surface area contributed by atoms with Crippen molar-refractivity contribution in [1.82, 2.24) is 5.32 Å². The fourth-order valence-corrected chi connectivity index (χ4v) is 2.06. The number of hydrogen-bond donors (Lipinski definition) is 1. The molecule has 0 radical (unpaired) electrons. The maximum atomic E-state index is 13.8. The predicted octanol–water partition coefficient (Wildman–Crippen LogP) is 4.14. The number of para-hydroxylation sites is 1. The van der Waals surface area contributed by atoms with Crippen molar-refractivity contribution in [2.75, 3.05) is 13.2 Å². The minimum Gasteiger partial charge on any atom is -0.490 e. The zero-order valence-corrected chi connectivity index (χ0v) is 12.3. The minimum atomic E-state index is -0.264. The van der Waals surface area contributed by atoms with Crippen molar-refractivity contribution in [1.29, 1.82) is 0 Å². The first kappa shape index (κ1) is 16.0. The third kappa shape index (κ3) is 5.60.